The van der Waals surface area contributed by atoms with Gasteiger partial charge in [0, 0.05) is 10.9 Å². The maximum Gasteiger partial charge on any atom is 0.150 e. The fraction of sp³-hybridized carbons (Fsp3) is 0. The van der Waals surface area contributed by atoms with E-state index in [0.717, 1.165) is 26.8 Å². The molecule has 0 aliphatic rings. The van der Waals surface area contributed by atoms with E-state index in [9.17, 15) is 5.26 Å². The molecule has 1 aromatic carbocycles. The van der Waals surface area contributed by atoms with Crippen LogP contribution in [0.2, 0.25) is 0 Å². The minimum absolute atomic E-state index is 0.393. The zero-order valence-corrected chi connectivity index (χ0v) is 11.4. The minimum atomic E-state index is 0.393. The van der Waals surface area contributed by atoms with Crippen LogP contribution in [0.15, 0.2) is 53.1 Å². The third kappa shape index (κ3) is 2.20. The third-order valence-electron chi connectivity index (χ3n) is 2.82. The van der Waals surface area contributed by atoms with Gasteiger partial charge in [0.25, 0.3) is 0 Å². The van der Waals surface area contributed by atoms with Crippen molar-refractivity contribution in [2.24, 2.45) is 0 Å². The molecule has 2 aromatic heterocycles. The lowest BCUT2D eigenvalue weighted by atomic mass is 10.1. The molecule has 90 valence electrons. The van der Waals surface area contributed by atoms with E-state index in [0.29, 0.717) is 5.69 Å². The summed E-state index contributed by atoms with van der Waals surface area (Å²) in [5.41, 5.74) is 2.70. The van der Waals surface area contributed by atoms with E-state index in [1.54, 1.807) is 0 Å². The normalized spacial score (nSPS) is 10.3. The Morgan fingerprint density at radius 1 is 1.00 bits per heavy atom. The summed E-state index contributed by atoms with van der Waals surface area (Å²) >= 11 is 3.34. The van der Waals surface area contributed by atoms with Gasteiger partial charge in [-0.3, -0.25) is 0 Å². The summed E-state index contributed by atoms with van der Waals surface area (Å²) in [7, 11) is 0. The number of aromatic nitrogens is 2. The number of rotatable bonds is 1. The van der Waals surface area contributed by atoms with Crippen LogP contribution in [-0.2, 0) is 0 Å². The molecular formula is C15H8BrN3. The molecule has 0 saturated carbocycles. The van der Waals surface area contributed by atoms with Gasteiger partial charge >= 0.3 is 0 Å². The fourth-order valence-corrected chi connectivity index (χ4v) is 2.30. The fourth-order valence-electron chi connectivity index (χ4n) is 1.95. The first kappa shape index (κ1) is 11.8. The van der Waals surface area contributed by atoms with Crippen LogP contribution in [-0.4, -0.2) is 9.97 Å². The number of fused-ring (bicyclic) bond motifs is 1. The first-order chi connectivity index (χ1) is 9.28. The molecule has 0 atom stereocenters. The van der Waals surface area contributed by atoms with Gasteiger partial charge < -0.3 is 0 Å². The molecule has 0 aliphatic heterocycles. The van der Waals surface area contributed by atoms with Crippen molar-refractivity contribution in [3.63, 3.8) is 0 Å². The van der Waals surface area contributed by atoms with E-state index in [1.807, 2.05) is 48.5 Å². The Bertz CT molecular complexity index is 806. The number of para-hydroxylation sites is 1. The van der Waals surface area contributed by atoms with Crippen LogP contribution in [0, 0.1) is 11.3 Å². The highest BCUT2D eigenvalue weighted by Crippen LogP contribution is 2.25. The summed E-state index contributed by atoms with van der Waals surface area (Å²) < 4.78 is 0.738. The Labute approximate surface area is 118 Å². The van der Waals surface area contributed by atoms with Gasteiger partial charge in [0.15, 0.2) is 5.69 Å². The van der Waals surface area contributed by atoms with Gasteiger partial charge in [0.05, 0.1) is 11.2 Å². The number of hydrogen-bond donors (Lipinski definition) is 0. The molecule has 0 N–H and O–H groups in total. The quantitative estimate of drug-likeness (QED) is 0.640. The molecule has 2 heterocycles. The molecule has 0 unspecified atom stereocenters. The number of benzene rings is 1. The molecule has 3 nitrogen and oxygen atoms in total. The van der Waals surface area contributed by atoms with Gasteiger partial charge in [-0.2, -0.15) is 5.26 Å². The van der Waals surface area contributed by atoms with Crippen molar-refractivity contribution in [2.75, 3.05) is 0 Å². The third-order valence-corrected chi connectivity index (χ3v) is 3.26. The van der Waals surface area contributed by atoms with E-state index in [2.05, 4.69) is 32.0 Å². The highest BCUT2D eigenvalue weighted by molar-refractivity contribution is 9.10. The molecule has 0 saturated heterocycles. The highest BCUT2D eigenvalue weighted by atomic mass is 79.9. The van der Waals surface area contributed by atoms with Gasteiger partial charge in [-0.15, -0.1) is 0 Å². The topological polar surface area (TPSA) is 49.6 Å². The van der Waals surface area contributed by atoms with Crippen LogP contribution in [0.25, 0.3) is 22.2 Å². The highest BCUT2D eigenvalue weighted by Gasteiger charge is 2.10. The molecule has 19 heavy (non-hydrogen) atoms. The van der Waals surface area contributed by atoms with Crippen molar-refractivity contribution in [3.8, 4) is 17.3 Å². The van der Waals surface area contributed by atoms with Crippen molar-refractivity contribution >= 4 is 26.8 Å². The first-order valence-electron chi connectivity index (χ1n) is 5.71. The van der Waals surface area contributed by atoms with Crippen LogP contribution >= 0.6 is 15.9 Å². The van der Waals surface area contributed by atoms with E-state index >= 15 is 0 Å². The van der Waals surface area contributed by atoms with Crippen molar-refractivity contribution in [1.82, 2.24) is 9.97 Å². The molecule has 0 bridgehead atoms. The summed E-state index contributed by atoms with van der Waals surface area (Å²) in [4.78, 5) is 8.77. The van der Waals surface area contributed by atoms with Gasteiger partial charge in [0.1, 0.15) is 10.7 Å². The monoisotopic (exact) mass is 309 g/mol. The van der Waals surface area contributed by atoms with E-state index in [1.165, 1.54) is 0 Å². The van der Waals surface area contributed by atoms with Gasteiger partial charge in [-0.25, -0.2) is 9.97 Å². The number of nitrogens with zero attached hydrogens (tertiary/aromatic N) is 3. The average molecular weight is 310 g/mol. The molecular weight excluding hydrogens is 302 g/mol. The Morgan fingerprint density at radius 2 is 1.84 bits per heavy atom. The van der Waals surface area contributed by atoms with Crippen molar-refractivity contribution in [2.45, 2.75) is 0 Å². The zero-order chi connectivity index (χ0) is 13.2. The second kappa shape index (κ2) is 4.79. The largest absolute Gasteiger partial charge is 0.241 e. The summed E-state index contributed by atoms with van der Waals surface area (Å²) in [6.07, 6.45) is 0. The number of hydrogen-bond acceptors (Lipinski definition) is 3. The average Bonchev–Trinajstić information content (AvgIpc) is 2.46. The van der Waals surface area contributed by atoms with Crippen molar-refractivity contribution in [1.29, 1.82) is 5.26 Å². The van der Waals surface area contributed by atoms with Crippen LogP contribution in [0.3, 0.4) is 0 Å². The van der Waals surface area contributed by atoms with Gasteiger partial charge in [-0.1, -0.05) is 24.3 Å². The minimum Gasteiger partial charge on any atom is -0.241 e. The van der Waals surface area contributed by atoms with Crippen molar-refractivity contribution < 1.29 is 0 Å². The Balaban J connectivity index is 2.31. The predicted molar refractivity (Wildman–Crippen MR) is 77.4 cm³/mol. The number of nitriles is 1. The Hall–Kier alpha value is -2.25. The molecule has 3 aromatic rings. The maximum absolute atomic E-state index is 9.26. The summed E-state index contributed by atoms with van der Waals surface area (Å²) in [6, 6.07) is 17.4. The van der Waals surface area contributed by atoms with E-state index in [-0.39, 0.29) is 0 Å². The van der Waals surface area contributed by atoms with Crippen LogP contribution in [0.5, 0.6) is 0 Å². The lowest BCUT2D eigenvalue weighted by Gasteiger charge is -2.05. The molecule has 0 fully saturated rings. The van der Waals surface area contributed by atoms with Crippen LogP contribution in [0.1, 0.15) is 5.69 Å². The molecule has 3 rings (SSSR count). The first-order valence-corrected chi connectivity index (χ1v) is 6.50. The van der Waals surface area contributed by atoms with E-state index < -0.39 is 0 Å². The summed E-state index contributed by atoms with van der Waals surface area (Å²) in [5.74, 6) is 0. The predicted octanol–water partition coefficient (Wildman–Crippen LogP) is 3.93. The van der Waals surface area contributed by atoms with Gasteiger partial charge in [-0.05, 0) is 40.2 Å². The van der Waals surface area contributed by atoms with Crippen molar-refractivity contribution in [3.05, 3.63) is 58.8 Å². The second-order valence-corrected chi connectivity index (χ2v) is 4.85. The number of pyridine rings is 2. The maximum atomic E-state index is 9.26. The van der Waals surface area contributed by atoms with E-state index in [4.69, 9.17) is 0 Å². The Morgan fingerprint density at radius 3 is 2.63 bits per heavy atom. The SMILES string of the molecule is N#Cc1nc2ccccc2cc1-c1cccc(Br)n1. The molecule has 0 radical (unpaired) electrons. The Kier molecular flexibility index (Phi) is 2.98. The lowest BCUT2D eigenvalue weighted by molar-refractivity contribution is 1.25. The van der Waals surface area contributed by atoms with Gasteiger partial charge in [0.2, 0.25) is 0 Å². The lowest BCUT2D eigenvalue weighted by Crippen LogP contribution is -1.93. The summed E-state index contributed by atoms with van der Waals surface area (Å²) in [6.45, 7) is 0. The zero-order valence-electron chi connectivity index (χ0n) is 9.84. The smallest absolute Gasteiger partial charge is 0.150 e. The second-order valence-electron chi connectivity index (χ2n) is 4.03. The van der Waals surface area contributed by atoms with Crippen LogP contribution in [0.4, 0.5) is 0 Å². The molecule has 0 aliphatic carbocycles. The summed E-state index contributed by atoms with van der Waals surface area (Å²) in [5, 5.41) is 10.3. The molecule has 0 amide bonds. The molecule has 0 spiro atoms. The molecule has 4 heteroatoms. The van der Waals surface area contributed by atoms with Crippen LogP contribution < -0.4 is 0 Å². The number of halogens is 1. The standard InChI is InChI=1S/C15H8BrN3/c16-15-7-3-6-13(19-15)11-8-10-4-1-2-5-12(10)18-14(11)9-17/h1-8H.